The first-order valence-corrected chi connectivity index (χ1v) is 14.4. The first-order valence-electron chi connectivity index (χ1n) is 14.4. The lowest BCUT2D eigenvalue weighted by atomic mass is 9.54. The molecule has 15 nitrogen and oxygen atoms in total. The minimum Gasteiger partial charge on any atom is -0.508 e. The maximum absolute atomic E-state index is 14.1. The van der Waals surface area contributed by atoms with Gasteiger partial charge in [-0.05, 0) is 38.6 Å². The van der Waals surface area contributed by atoms with E-state index in [2.05, 4.69) is 15.6 Å². The summed E-state index contributed by atoms with van der Waals surface area (Å²) in [4.78, 5) is 45.1. The van der Waals surface area contributed by atoms with E-state index in [1.807, 2.05) is 11.6 Å². The van der Waals surface area contributed by atoms with Gasteiger partial charge in [0, 0.05) is 37.0 Å². The molecule has 0 saturated heterocycles. The Hall–Kier alpha value is -4.28. The lowest BCUT2D eigenvalue weighted by Crippen LogP contribution is -2.70. The molecule has 1 heterocycles. The highest BCUT2D eigenvalue weighted by Gasteiger charge is 2.68. The summed E-state index contributed by atoms with van der Waals surface area (Å²) in [5.74, 6) is -9.02. The Balaban J connectivity index is 1.55. The standard InChI is InChI=1S/C30H38N6O9/c1-11-13-6-7-14(34-29(44)12(2)33-10-15-32-8-9-36(15)5)22(37)17(13)23(38)18-16(11)24(39)20-21(35(3)4)25(40)19(28(31)43)27(42)30(20,45)26(18)41/h6-9,11-12,16,20-21,24,29,33-34,37-39,42,44-45H,10H2,1-5H3,(H2,31,43)/t11?,12?,16?,20?,21-,24?,29?,30?/m0/s1. The Labute approximate surface area is 258 Å². The molecule has 0 spiro atoms. The van der Waals surface area contributed by atoms with Gasteiger partial charge in [-0.25, -0.2) is 4.98 Å². The van der Waals surface area contributed by atoms with Crippen molar-refractivity contribution in [3.63, 3.8) is 0 Å². The summed E-state index contributed by atoms with van der Waals surface area (Å²) in [6, 6.07) is 1.07. The van der Waals surface area contributed by atoms with E-state index in [1.54, 1.807) is 32.3 Å². The normalized spacial score (nSPS) is 29.3. The zero-order valence-corrected chi connectivity index (χ0v) is 25.4. The first kappa shape index (κ1) is 32.1. The number of amides is 1. The summed E-state index contributed by atoms with van der Waals surface area (Å²) in [6.45, 7) is 3.69. The largest absolute Gasteiger partial charge is 0.508 e. The number of hydrogen-bond donors (Lipinski definition) is 9. The number of Topliss-reactive ketones (excluding diaryl/α,β-unsaturated/α-hetero) is 2. The highest BCUT2D eigenvalue weighted by molar-refractivity contribution is 6.24. The summed E-state index contributed by atoms with van der Waals surface area (Å²) < 4.78 is 1.82. The van der Waals surface area contributed by atoms with E-state index in [0.717, 1.165) is 5.82 Å². The van der Waals surface area contributed by atoms with Gasteiger partial charge in [0.15, 0.2) is 11.4 Å². The molecule has 45 heavy (non-hydrogen) atoms. The van der Waals surface area contributed by atoms with Crippen LogP contribution in [0, 0.1) is 11.8 Å². The van der Waals surface area contributed by atoms with E-state index in [1.165, 1.54) is 25.1 Å². The summed E-state index contributed by atoms with van der Waals surface area (Å²) in [6.07, 6.45) is 0.514. The fourth-order valence-corrected chi connectivity index (χ4v) is 6.95. The molecule has 5 rings (SSSR count). The molecule has 0 aliphatic heterocycles. The molecular weight excluding hydrogens is 588 g/mol. The number of nitrogens with zero attached hydrogens (tertiary/aromatic N) is 3. The topological polar surface area (TPSA) is 244 Å². The van der Waals surface area contributed by atoms with Crippen molar-refractivity contribution >= 4 is 28.9 Å². The molecule has 1 fully saturated rings. The van der Waals surface area contributed by atoms with Gasteiger partial charge in [-0.1, -0.05) is 13.0 Å². The van der Waals surface area contributed by atoms with Crippen LogP contribution in [0.2, 0.25) is 0 Å². The Morgan fingerprint density at radius 2 is 1.89 bits per heavy atom. The number of phenolic OH excluding ortho intramolecular Hbond substituents is 1. The van der Waals surface area contributed by atoms with Crippen molar-refractivity contribution in [3.05, 3.63) is 58.4 Å². The molecule has 2 aromatic rings. The number of primary amides is 1. The summed E-state index contributed by atoms with van der Waals surface area (Å²) in [5.41, 5.74) is 1.05. The SMILES string of the molecule is CC(NCc1nccn1C)C(O)Nc1ccc2c(c1O)C(O)=C1C(=O)C3(O)C(O)=C(C(N)=O)C(=O)[C@@H](N(C)C)C3C(O)C1C2C. The third kappa shape index (κ3) is 4.69. The summed E-state index contributed by atoms with van der Waals surface area (Å²) in [7, 11) is 4.72. The van der Waals surface area contributed by atoms with Crippen LogP contribution in [-0.4, -0.2) is 107 Å². The van der Waals surface area contributed by atoms with Crippen molar-refractivity contribution in [2.24, 2.45) is 24.6 Å². The Morgan fingerprint density at radius 3 is 2.47 bits per heavy atom. The van der Waals surface area contributed by atoms with Gasteiger partial charge in [-0.2, -0.15) is 0 Å². The van der Waals surface area contributed by atoms with Crippen LogP contribution < -0.4 is 16.4 Å². The summed E-state index contributed by atoms with van der Waals surface area (Å²) >= 11 is 0. The maximum atomic E-state index is 14.1. The molecule has 7 unspecified atom stereocenters. The van der Waals surface area contributed by atoms with E-state index in [9.17, 15) is 45.0 Å². The lowest BCUT2D eigenvalue weighted by Gasteiger charge is -2.53. The first-order chi connectivity index (χ1) is 21.0. The number of likely N-dealkylation sites (N-methyl/N-ethyl adjacent to an activating group) is 1. The summed E-state index contributed by atoms with van der Waals surface area (Å²) in [5, 5.41) is 74.1. The second kappa shape index (κ2) is 11.3. The number of carbonyl (C=O) groups is 3. The number of hydrogen-bond acceptors (Lipinski definition) is 13. The fraction of sp³-hybridized carbons (Fsp3) is 0.467. The fourth-order valence-electron chi connectivity index (χ4n) is 6.95. The number of anilines is 1. The number of carbonyl (C=O) groups excluding carboxylic acids is 3. The van der Waals surface area contributed by atoms with Gasteiger partial charge < -0.3 is 51.6 Å². The van der Waals surface area contributed by atoms with Crippen molar-refractivity contribution in [1.82, 2.24) is 19.8 Å². The maximum Gasteiger partial charge on any atom is 0.255 e. The zero-order chi connectivity index (χ0) is 33.3. The van der Waals surface area contributed by atoms with Crippen molar-refractivity contribution in [1.29, 1.82) is 0 Å². The number of fused-ring (bicyclic) bond motifs is 3. The van der Waals surface area contributed by atoms with Crippen LogP contribution in [0.15, 0.2) is 41.4 Å². The molecule has 1 aromatic heterocycles. The van der Waals surface area contributed by atoms with E-state index in [0.29, 0.717) is 12.1 Å². The average Bonchev–Trinajstić information content (AvgIpc) is 3.38. The minimum absolute atomic E-state index is 0.0137. The zero-order valence-electron chi connectivity index (χ0n) is 25.4. The molecule has 10 N–H and O–H groups in total. The van der Waals surface area contributed by atoms with Crippen LogP contribution in [0.25, 0.3) is 5.76 Å². The van der Waals surface area contributed by atoms with Gasteiger partial charge >= 0.3 is 0 Å². The molecular formula is C30H38N6O9. The molecule has 1 saturated carbocycles. The van der Waals surface area contributed by atoms with Gasteiger partial charge in [0.25, 0.3) is 5.91 Å². The second-order valence-electron chi connectivity index (χ2n) is 12.2. The molecule has 242 valence electrons. The molecule has 3 aliphatic rings. The molecule has 1 aromatic carbocycles. The van der Waals surface area contributed by atoms with E-state index in [4.69, 9.17) is 5.73 Å². The Morgan fingerprint density at radius 1 is 1.22 bits per heavy atom. The number of nitrogens with two attached hydrogens (primary N) is 1. The number of phenols is 1. The monoisotopic (exact) mass is 626 g/mol. The number of aromatic hydroxyl groups is 1. The van der Waals surface area contributed by atoms with E-state index >= 15 is 0 Å². The number of aliphatic hydroxyl groups excluding tert-OH is 4. The number of imidazole rings is 1. The predicted octanol–water partition coefficient (Wildman–Crippen LogP) is -0.862. The molecule has 8 atom stereocenters. The van der Waals surface area contributed by atoms with Crippen molar-refractivity contribution in [3.8, 4) is 5.75 Å². The van der Waals surface area contributed by atoms with Gasteiger partial charge in [0.1, 0.15) is 34.9 Å². The highest BCUT2D eigenvalue weighted by Crippen LogP contribution is 2.56. The Bertz CT molecular complexity index is 1650. The van der Waals surface area contributed by atoms with Crippen LogP contribution >= 0.6 is 0 Å². The average molecular weight is 627 g/mol. The second-order valence-corrected chi connectivity index (χ2v) is 12.2. The Kier molecular flexibility index (Phi) is 8.04. The van der Waals surface area contributed by atoms with Gasteiger partial charge in [0.05, 0.1) is 35.9 Å². The van der Waals surface area contributed by atoms with Crippen LogP contribution in [0.4, 0.5) is 5.69 Å². The number of aliphatic hydroxyl groups is 5. The van der Waals surface area contributed by atoms with E-state index < -0.39 is 93.7 Å². The third-order valence-electron chi connectivity index (χ3n) is 9.41. The van der Waals surface area contributed by atoms with Crippen LogP contribution in [-0.2, 0) is 28.0 Å². The molecule has 1 amide bonds. The van der Waals surface area contributed by atoms with Crippen LogP contribution in [0.3, 0.4) is 0 Å². The number of benzene rings is 1. The van der Waals surface area contributed by atoms with Gasteiger partial charge in [-0.3, -0.25) is 19.3 Å². The molecule has 3 aliphatic carbocycles. The molecule has 0 radical (unpaired) electrons. The number of aromatic nitrogens is 2. The number of nitrogens with one attached hydrogen (secondary N) is 2. The van der Waals surface area contributed by atoms with Gasteiger partial charge in [0.2, 0.25) is 5.78 Å². The van der Waals surface area contributed by atoms with Crippen LogP contribution in [0.1, 0.15) is 36.7 Å². The quantitative estimate of drug-likeness (QED) is 0.0985. The lowest BCUT2D eigenvalue weighted by molar-refractivity contribution is -0.169. The smallest absolute Gasteiger partial charge is 0.255 e. The van der Waals surface area contributed by atoms with Crippen molar-refractivity contribution < 1.29 is 45.0 Å². The van der Waals surface area contributed by atoms with Gasteiger partial charge in [-0.15, -0.1) is 0 Å². The highest BCUT2D eigenvalue weighted by atomic mass is 16.4. The number of ketones is 2. The molecule has 15 heteroatoms. The van der Waals surface area contributed by atoms with Crippen molar-refractivity contribution in [2.45, 2.75) is 56.3 Å². The predicted molar refractivity (Wildman–Crippen MR) is 159 cm³/mol. The third-order valence-corrected chi connectivity index (χ3v) is 9.41. The molecule has 0 bridgehead atoms. The van der Waals surface area contributed by atoms with Crippen LogP contribution in [0.5, 0.6) is 5.75 Å². The van der Waals surface area contributed by atoms with E-state index in [-0.39, 0.29) is 11.3 Å². The van der Waals surface area contributed by atoms with Crippen molar-refractivity contribution in [2.75, 3.05) is 19.4 Å². The number of aryl methyl sites for hydroxylation is 1. The number of rotatable bonds is 8. The minimum atomic E-state index is -3.00.